The summed E-state index contributed by atoms with van der Waals surface area (Å²) in [7, 11) is 0. The van der Waals surface area contributed by atoms with Gasteiger partial charge in [-0.2, -0.15) is 0 Å². The van der Waals surface area contributed by atoms with Crippen LogP contribution < -0.4 is 10.5 Å². The number of piperazine rings is 1. The molecule has 1 aliphatic rings. The molecule has 204 valence electrons. The molecule has 2 aromatic heterocycles. The number of nitrogens with zero attached hydrogens (tertiary/aromatic N) is 6. The fourth-order valence-electron chi connectivity index (χ4n) is 5.77. The normalized spacial score (nSPS) is 15.0. The summed E-state index contributed by atoms with van der Waals surface area (Å²) < 4.78 is 16.3. The minimum atomic E-state index is -0.456. The van der Waals surface area contributed by atoms with E-state index >= 15 is 0 Å². The number of nitrogens with one attached hydrogen (secondary N) is 1. The summed E-state index contributed by atoms with van der Waals surface area (Å²) >= 11 is 0. The second kappa shape index (κ2) is 11.0. The third-order valence-electron chi connectivity index (χ3n) is 7.77. The van der Waals surface area contributed by atoms with Crippen molar-refractivity contribution < 1.29 is 4.39 Å². The number of para-hydroxylation sites is 1. The molecule has 9 heteroatoms. The molecule has 1 saturated heterocycles. The lowest BCUT2D eigenvalue weighted by atomic mass is 9.99. The number of hydrogen-bond donors (Lipinski definition) is 1. The molecule has 1 aliphatic heterocycles. The number of H-pyrrole nitrogens is 1. The molecule has 0 aliphatic carbocycles. The average Bonchev–Trinajstić information content (AvgIpc) is 3.42. The molecule has 0 saturated carbocycles. The minimum Gasteiger partial charge on any atom is -0.367 e. The van der Waals surface area contributed by atoms with Gasteiger partial charge in [0.05, 0.1) is 5.69 Å². The highest BCUT2D eigenvalue weighted by atomic mass is 19.1. The van der Waals surface area contributed by atoms with Gasteiger partial charge in [0, 0.05) is 49.2 Å². The number of benzene rings is 3. The Balaban J connectivity index is 1.38. The zero-order valence-corrected chi connectivity index (χ0v) is 22.7. The van der Waals surface area contributed by atoms with Gasteiger partial charge in [0.25, 0.3) is 5.56 Å². The Labute approximate surface area is 232 Å². The quantitative estimate of drug-likeness (QED) is 0.331. The summed E-state index contributed by atoms with van der Waals surface area (Å²) in [5.41, 5.74) is 5.25. The van der Waals surface area contributed by atoms with Gasteiger partial charge in [-0.25, -0.2) is 9.07 Å². The van der Waals surface area contributed by atoms with Crippen LogP contribution in [-0.2, 0) is 13.0 Å². The second-order valence-electron chi connectivity index (χ2n) is 10.5. The summed E-state index contributed by atoms with van der Waals surface area (Å²) in [5.74, 6) is 0.402. The van der Waals surface area contributed by atoms with E-state index in [9.17, 15) is 9.18 Å². The first kappa shape index (κ1) is 25.9. The van der Waals surface area contributed by atoms with E-state index in [1.807, 2.05) is 54.1 Å². The van der Waals surface area contributed by atoms with Crippen LogP contribution in [0, 0.1) is 19.7 Å². The highest BCUT2D eigenvalue weighted by Gasteiger charge is 2.33. The van der Waals surface area contributed by atoms with E-state index < -0.39 is 6.04 Å². The number of rotatable bonds is 7. The molecule has 0 amide bonds. The predicted octanol–water partition coefficient (Wildman–Crippen LogP) is 4.42. The summed E-state index contributed by atoms with van der Waals surface area (Å²) in [5, 5.41) is 13.8. The predicted molar refractivity (Wildman–Crippen MR) is 154 cm³/mol. The van der Waals surface area contributed by atoms with E-state index in [0.717, 1.165) is 28.5 Å². The van der Waals surface area contributed by atoms with Crippen molar-refractivity contribution in [2.75, 3.05) is 31.1 Å². The molecular formula is C31H32FN7O. The Morgan fingerprint density at radius 1 is 0.950 bits per heavy atom. The van der Waals surface area contributed by atoms with Crippen LogP contribution in [-0.4, -0.2) is 56.3 Å². The van der Waals surface area contributed by atoms with Crippen LogP contribution in [0.4, 0.5) is 10.1 Å². The molecule has 3 heterocycles. The monoisotopic (exact) mass is 537 g/mol. The number of halogens is 1. The average molecular weight is 538 g/mol. The van der Waals surface area contributed by atoms with Gasteiger partial charge in [-0.3, -0.25) is 9.69 Å². The van der Waals surface area contributed by atoms with Crippen LogP contribution in [0.3, 0.4) is 0 Å². The van der Waals surface area contributed by atoms with Gasteiger partial charge in [0.2, 0.25) is 0 Å². The van der Waals surface area contributed by atoms with Gasteiger partial charge in [-0.05, 0) is 71.7 Å². The van der Waals surface area contributed by atoms with Crippen molar-refractivity contribution >= 4 is 16.6 Å². The third kappa shape index (κ3) is 5.12. The maximum Gasteiger partial charge on any atom is 0.253 e. The molecule has 1 atom stereocenters. The fourth-order valence-corrected chi connectivity index (χ4v) is 5.77. The standard InChI is InChI=1S/C31H32FN7O/c1-21-18-22(2)24-20-25(31(40)33-27(24)19-21)29(30-34-35-36-39(30)13-12-23-8-4-3-5-9-23)38-16-14-37(15-17-38)28-11-7-6-10-26(28)32/h3-11,18-20,29H,12-17H2,1-2H3,(H,33,40)/t29-/m1/s1. The number of pyridine rings is 1. The van der Waals surface area contributed by atoms with Crippen molar-refractivity contribution in [3.63, 3.8) is 0 Å². The van der Waals surface area contributed by atoms with E-state index in [0.29, 0.717) is 49.8 Å². The Bertz CT molecular complexity index is 1690. The van der Waals surface area contributed by atoms with Crippen LogP contribution in [0.2, 0.25) is 0 Å². The van der Waals surface area contributed by atoms with Crippen LogP contribution in [0.25, 0.3) is 10.9 Å². The molecule has 0 spiro atoms. The Hall–Kier alpha value is -4.37. The fraction of sp³-hybridized carbons (Fsp3) is 0.290. The molecule has 5 aromatic rings. The first-order valence-corrected chi connectivity index (χ1v) is 13.7. The number of fused-ring (bicyclic) bond motifs is 1. The van der Waals surface area contributed by atoms with E-state index in [-0.39, 0.29) is 11.4 Å². The van der Waals surface area contributed by atoms with Crippen molar-refractivity contribution in [3.8, 4) is 0 Å². The summed E-state index contributed by atoms with van der Waals surface area (Å²) in [6, 6.07) is 22.7. The highest BCUT2D eigenvalue weighted by Crippen LogP contribution is 2.30. The Kier molecular flexibility index (Phi) is 7.13. The van der Waals surface area contributed by atoms with Crippen molar-refractivity contribution in [3.05, 3.63) is 117 Å². The number of tetrazole rings is 1. The first-order chi connectivity index (χ1) is 19.5. The topological polar surface area (TPSA) is 82.9 Å². The molecule has 0 unspecified atom stereocenters. The van der Waals surface area contributed by atoms with Crippen molar-refractivity contribution in [2.24, 2.45) is 0 Å². The minimum absolute atomic E-state index is 0.156. The highest BCUT2D eigenvalue weighted by molar-refractivity contribution is 5.83. The molecule has 0 bridgehead atoms. The van der Waals surface area contributed by atoms with Crippen LogP contribution >= 0.6 is 0 Å². The van der Waals surface area contributed by atoms with Crippen molar-refractivity contribution in [2.45, 2.75) is 32.9 Å². The summed E-state index contributed by atoms with van der Waals surface area (Å²) in [4.78, 5) is 21.0. The molecule has 1 N–H and O–H groups in total. The Morgan fingerprint density at radius 2 is 1.70 bits per heavy atom. The van der Waals surface area contributed by atoms with E-state index in [2.05, 4.69) is 55.4 Å². The number of anilines is 1. The van der Waals surface area contributed by atoms with E-state index in [4.69, 9.17) is 0 Å². The largest absolute Gasteiger partial charge is 0.367 e. The first-order valence-electron chi connectivity index (χ1n) is 13.7. The number of aromatic nitrogens is 5. The second-order valence-corrected chi connectivity index (χ2v) is 10.5. The molecular weight excluding hydrogens is 505 g/mol. The maximum absolute atomic E-state index is 14.5. The van der Waals surface area contributed by atoms with Gasteiger partial charge < -0.3 is 9.88 Å². The van der Waals surface area contributed by atoms with Gasteiger partial charge in [0.15, 0.2) is 5.82 Å². The van der Waals surface area contributed by atoms with E-state index in [1.165, 1.54) is 11.6 Å². The van der Waals surface area contributed by atoms with Crippen LogP contribution in [0.15, 0.2) is 77.6 Å². The number of aromatic amines is 1. The maximum atomic E-state index is 14.5. The lowest BCUT2D eigenvalue weighted by Gasteiger charge is -2.39. The molecule has 40 heavy (non-hydrogen) atoms. The summed E-state index contributed by atoms with van der Waals surface area (Å²) in [6.45, 7) is 7.14. The smallest absolute Gasteiger partial charge is 0.253 e. The van der Waals surface area contributed by atoms with Crippen LogP contribution in [0.5, 0.6) is 0 Å². The van der Waals surface area contributed by atoms with Gasteiger partial charge in [-0.1, -0.05) is 48.5 Å². The molecule has 1 fully saturated rings. The van der Waals surface area contributed by atoms with Crippen LogP contribution in [0.1, 0.15) is 34.1 Å². The third-order valence-corrected chi connectivity index (χ3v) is 7.77. The zero-order chi connectivity index (χ0) is 27.6. The Morgan fingerprint density at radius 3 is 2.48 bits per heavy atom. The lowest BCUT2D eigenvalue weighted by molar-refractivity contribution is 0.199. The molecule has 3 aromatic carbocycles. The lowest BCUT2D eigenvalue weighted by Crippen LogP contribution is -2.49. The van der Waals surface area contributed by atoms with Gasteiger partial charge in [-0.15, -0.1) is 5.10 Å². The number of hydrogen-bond acceptors (Lipinski definition) is 6. The van der Waals surface area contributed by atoms with Crippen molar-refractivity contribution in [1.29, 1.82) is 0 Å². The van der Waals surface area contributed by atoms with Gasteiger partial charge >= 0.3 is 0 Å². The molecule has 0 radical (unpaired) electrons. The zero-order valence-electron chi connectivity index (χ0n) is 22.7. The molecule has 6 rings (SSSR count). The molecule has 8 nitrogen and oxygen atoms in total. The van der Waals surface area contributed by atoms with Gasteiger partial charge in [0.1, 0.15) is 11.9 Å². The van der Waals surface area contributed by atoms with Crippen molar-refractivity contribution in [1.82, 2.24) is 30.1 Å². The van der Waals surface area contributed by atoms with E-state index in [1.54, 1.807) is 6.07 Å². The summed E-state index contributed by atoms with van der Waals surface area (Å²) in [6.07, 6.45) is 0.763. The number of aryl methyl sites for hydroxylation is 4. The SMILES string of the molecule is Cc1cc(C)c2cc([C@H](c3nnnn3CCc3ccccc3)N3CCN(c4ccccc4F)CC3)c(=O)[nH]c2c1.